The van der Waals surface area contributed by atoms with Crippen molar-refractivity contribution in [3.63, 3.8) is 0 Å². The van der Waals surface area contributed by atoms with Crippen molar-refractivity contribution in [1.29, 1.82) is 0 Å². The third kappa shape index (κ3) is 2.76. The molecule has 0 fully saturated rings. The first-order chi connectivity index (χ1) is 7.56. The summed E-state index contributed by atoms with van der Waals surface area (Å²) in [5.74, 6) is 1.14. The van der Waals surface area contributed by atoms with E-state index in [9.17, 15) is 0 Å². The molecule has 0 spiro atoms. The molecule has 0 atom stereocenters. The van der Waals surface area contributed by atoms with Crippen molar-refractivity contribution in [2.24, 2.45) is 0 Å². The van der Waals surface area contributed by atoms with Crippen LogP contribution in [0.3, 0.4) is 0 Å². The van der Waals surface area contributed by atoms with E-state index in [0.717, 1.165) is 31.7 Å². The van der Waals surface area contributed by atoms with E-state index in [2.05, 4.69) is 44.3 Å². The molecule has 1 N–H and O–H groups in total. The van der Waals surface area contributed by atoms with Gasteiger partial charge in [0.15, 0.2) is 0 Å². The first kappa shape index (κ1) is 11.5. The number of nitrogens with one attached hydrogen (secondary N) is 1. The Morgan fingerprint density at radius 1 is 1.31 bits per heavy atom. The number of para-hydroxylation sites is 1. The molecule has 1 aliphatic heterocycles. The highest BCUT2D eigenvalue weighted by molar-refractivity contribution is 5.44. The summed E-state index contributed by atoms with van der Waals surface area (Å²) in [6, 6.07) is 6.48. The van der Waals surface area contributed by atoms with Crippen LogP contribution in [0.5, 0.6) is 5.75 Å². The van der Waals surface area contributed by atoms with Crippen molar-refractivity contribution >= 4 is 0 Å². The van der Waals surface area contributed by atoms with Crippen LogP contribution in [0, 0.1) is 0 Å². The Bertz CT molecular complexity index is 365. The molecule has 1 aromatic carbocycles. The Balaban J connectivity index is 1.98. The topological polar surface area (TPSA) is 21.3 Å². The zero-order chi connectivity index (χ0) is 11.6. The van der Waals surface area contributed by atoms with Gasteiger partial charge < -0.3 is 10.1 Å². The highest BCUT2D eigenvalue weighted by atomic mass is 16.5. The average Bonchev–Trinajstić information content (AvgIpc) is 2.64. The van der Waals surface area contributed by atoms with Crippen LogP contribution in [0.2, 0.25) is 0 Å². The van der Waals surface area contributed by atoms with E-state index in [1.54, 1.807) is 0 Å². The molecule has 2 nitrogen and oxygen atoms in total. The van der Waals surface area contributed by atoms with Crippen LogP contribution in [-0.2, 0) is 12.8 Å². The van der Waals surface area contributed by atoms with E-state index < -0.39 is 0 Å². The van der Waals surface area contributed by atoms with Crippen LogP contribution >= 0.6 is 0 Å². The van der Waals surface area contributed by atoms with Crippen molar-refractivity contribution in [3.05, 3.63) is 29.3 Å². The maximum absolute atomic E-state index is 5.68. The van der Waals surface area contributed by atoms with Crippen LogP contribution in [0.15, 0.2) is 18.2 Å². The molecule has 0 radical (unpaired) electrons. The number of fused-ring (bicyclic) bond motifs is 1. The second kappa shape index (κ2) is 4.46. The molecule has 2 rings (SSSR count). The Labute approximate surface area is 98.0 Å². The molecule has 0 amide bonds. The average molecular weight is 219 g/mol. The van der Waals surface area contributed by atoms with E-state index in [-0.39, 0.29) is 5.54 Å². The van der Waals surface area contributed by atoms with Crippen molar-refractivity contribution in [2.75, 3.05) is 13.2 Å². The smallest absolute Gasteiger partial charge is 0.125 e. The van der Waals surface area contributed by atoms with E-state index >= 15 is 0 Å². The molecule has 0 aliphatic carbocycles. The molecule has 1 aliphatic rings. The summed E-state index contributed by atoms with van der Waals surface area (Å²) in [6.07, 6.45) is 2.11. The fraction of sp³-hybridized carbons (Fsp3) is 0.571. The molecule has 2 heteroatoms. The van der Waals surface area contributed by atoms with Gasteiger partial charge in [-0.15, -0.1) is 0 Å². The minimum Gasteiger partial charge on any atom is -0.493 e. The van der Waals surface area contributed by atoms with Crippen molar-refractivity contribution in [3.8, 4) is 5.75 Å². The molecule has 0 saturated heterocycles. The second-order valence-corrected chi connectivity index (χ2v) is 5.43. The number of ether oxygens (including phenoxy) is 1. The van der Waals surface area contributed by atoms with Gasteiger partial charge in [0.05, 0.1) is 6.61 Å². The first-order valence-corrected chi connectivity index (χ1v) is 6.05. The molecule has 1 heterocycles. The van der Waals surface area contributed by atoms with E-state index in [1.165, 1.54) is 11.1 Å². The lowest BCUT2D eigenvalue weighted by molar-refractivity contribution is 0.352. The Morgan fingerprint density at radius 3 is 2.88 bits per heavy atom. The van der Waals surface area contributed by atoms with Gasteiger partial charge in [-0.25, -0.2) is 0 Å². The van der Waals surface area contributed by atoms with Gasteiger partial charge in [-0.3, -0.25) is 0 Å². The maximum atomic E-state index is 5.68. The largest absolute Gasteiger partial charge is 0.493 e. The van der Waals surface area contributed by atoms with Gasteiger partial charge in [0.2, 0.25) is 0 Å². The summed E-state index contributed by atoms with van der Waals surface area (Å²) in [5, 5.41) is 3.51. The zero-order valence-electron chi connectivity index (χ0n) is 10.5. The Hall–Kier alpha value is -1.02. The first-order valence-electron chi connectivity index (χ1n) is 6.05. The lowest BCUT2D eigenvalue weighted by atomic mass is 10.0. The fourth-order valence-corrected chi connectivity index (χ4v) is 2.05. The van der Waals surface area contributed by atoms with E-state index in [0.29, 0.717) is 0 Å². The predicted molar refractivity (Wildman–Crippen MR) is 67.1 cm³/mol. The molecule has 0 unspecified atom stereocenters. The molecular formula is C14H21NO. The van der Waals surface area contributed by atoms with Crippen LogP contribution < -0.4 is 10.1 Å². The zero-order valence-corrected chi connectivity index (χ0v) is 10.5. The molecule has 0 bridgehead atoms. The number of hydrogen-bond donors (Lipinski definition) is 1. The van der Waals surface area contributed by atoms with Gasteiger partial charge >= 0.3 is 0 Å². The van der Waals surface area contributed by atoms with Gasteiger partial charge in [0.25, 0.3) is 0 Å². The van der Waals surface area contributed by atoms with Crippen LogP contribution in [0.25, 0.3) is 0 Å². The summed E-state index contributed by atoms with van der Waals surface area (Å²) in [6.45, 7) is 8.43. The van der Waals surface area contributed by atoms with Crippen molar-refractivity contribution in [1.82, 2.24) is 5.32 Å². The molecule has 0 aromatic heterocycles. The van der Waals surface area contributed by atoms with Crippen LogP contribution in [0.1, 0.15) is 31.9 Å². The minimum absolute atomic E-state index is 0.193. The summed E-state index contributed by atoms with van der Waals surface area (Å²) >= 11 is 0. The summed E-state index contributed by atoms with van der Waals surface area (Å²) in [7, 11) is 0. The van der Waals surface area contributed by atoms with Crippen LogP contribution in [0.4, 0.5) is 0 Å². The van der Waals surface area contributed by atoms with Gasteiger partial charge in [-0.05, 0) is 44.9 Å². The van der Waals surface area contributed by atoms with Gasteiger partial charge in [0.1, 0.15) is 5.75 Å². The van der Waals surface area contributed by atoms with E-state index in [1.807, 2.05) is 0 Å². The summed E-state index contributed by atoms with van der Waals surface area (Å²) < 4.78 is 5.68. The van der Waals surface area contributed by atoms with E-state index in [4.69, 9.17) is 4.74 Å². The van der Waals surface area contributed by atoms with Crippen molar-refractivity contribution < 1.29 is 4.74 Å². The lowest BCUT2D eigenvalue weighted by Crippen LogP contribution is -2.37. The van der Waals surface area contributed by atoms with Crippen molar-refractivity contribution in [2.45, 2.75) is 39.2 Å². The molecule has 1 aromatic rings. The van der Waals surface area contributed by atoms with Gasteiger partial charge in [-0.1, -0.05) is 18.2 Å². The predicted octanol–water partition coefficient (Wildman–Crippen LogP) is 2.55. The normalized spacial score (nSPS) is 14.7. The highest BCUT2D eigenvalue weighted by Gasteiger charge is 2.16. The monoisotopic (exact) mass is 219 g/mol. The van der Waals surface area contributed by atoms with Gasteiger partial charge in [-0.2, -0.15) is 0 Å². The highest BCUT2D eigenvalue weighted by Crippen LogP contribution is 2.29. The fourth-order valence-electron chi connectivity index (χ4n) is 2.05. The quantitative estimate of drug-likeness (QED) is 0.843. The standard InChI is InChI=1S/C14H21NO/c1-14(2,3)15-9-7-11-5-4-6-12-8-10-16-13(11)12/h4-6,15H,7-10H2,1-3H3. The second-order valence-electron chi connectivity index (χ2n) is 5.43. The SMILES string of the molecule is CC(C)(C)NCCc1cccc2c1OCC2. The third-order valence-corrected chi connectivity index (χ3v) is 2.85. The number of rotatable bonds is 3. The molecule has 0 saturated carbocycles. The molecular weight excluding hydrogens is 198 g/mol. The van der Waals surface area contributed by atoms with Crippen LogP contribution in [-0.4, -0.2) is 18.7 Å². The maximum Gasteiger partial charge on any atom is 0.125 e. The lowest BCUT2D eigenvalue weighted by Gasteiger charge is -2.20. The summed E-state index contributed by atoms with van der Waals surface area (Å²) in [4.78, 5) is 0. The third-order valence-electron chi connectivity index (χ3n) is 2.85. The minimum atomic E-state index is 0.193. The molecule has 16 heavy (non-hydrogen) atoms. The summed E-state index contributed by atoms with van der Waals surface area (Å²) in [5.41, 5.74) is 2.90. The Morgan fingerprint density at radius 2 is 2.12 bits per heavy atom. The molecule has 88 valence electrons. The number of hydrogen-bond acceptors (Lipinski definition) is 2. The Kier molecular flexibility index (Phi) is 3.20. The van der Waals surface area contributed by atoms with Gasteiger partial charge in [0, 0.05) is 12.0 Å². The number of benzene rings is 1.